The second-order valence-electron chi connectivity index (χ2n) is 8.74. The molecule has 8 nitrogen and oxygen atoms in total. The van der Waals surface area contributed by atoms with Crippen LogP contribution < -0.4 is 10.4 Å². The average molecular weight is 457 g/mol. The monoisotopic (exact) mass is 456 g/mol. The quantitative estimate of drug-likeness (QED) is 0.343. The Labute approximate surface area is 198 Å². The molecule has 0 aliphatic carbocycles. The highest BCUT2D eigenvalue weighted by molar-refractivity contribution is 5.83. The van der Waals surface area contributed by atoms with Crippen molar-refractivity contribution in [2.24, 2.45) is 0 Å². The molecule has 1 aliphatic heterocycles. The standard InChI is InChI=1S/C26H28N6O2/c1-30-11-13-31(14-12-30)24-8-7-21(17-27-24)20-9-10-32-23(18-28-25(32)16-20)22(26(33)29-34)15-19-5-3-2-4-6-19/h2-10,16-18,22,34H,11-15H2,1H3,(H,29,33). The fraction of sp³-hybridized carbons (Fsp3) is 0.269. The maximum absolute atomic E-state index is 12.5. The zero-order valence-corrected chi connectivity index (χ0v) is 19.1. The molecule has 8 heteroatoms. The third kappa shape index (κ3) is 4.50. The first-order chi connectivity index (χ1) is 16.6. The normalized spacial score (nSPS) is 15.4. The molecule has 0 spiro atoms. The summed E-state index contributed by atoms with van der Waals surface area (Å²) in [5.41, 5.74) is 6.30. The molecule has 1 saturated heterocycles. The van der Waals surface area contributed by atoms with Gasteiger partial charge in [0.05, 0.1) is 17.8 Å². The van der Waals surface area contributed by atoms with E-state index in [1.165, 1.54) is 0 Å². The van der Waals surface area contributed by atoms with Crippen LogP contribution in [0.1, 0.15) is 17.2 Å². The second kappa shape index (κ2) is 9.62. The molecule has 0 saturated carbocycles. The van der Waals surface area contributed by atoms with Crippen LogP contribution >= 0.6 is 0 Å². The zero-order chi connectivity index (χ0) is 23.5. The lowest BCUT2D eigenvalue weighted by Crippen LogP contribution is -2.44. The SMILES string of the molecule is CN1CCN(c2ccc(-c3ccn4c(C(Cc5ccccc5)C(=O)NO)cnc4c3)cn2)CC1. The second-order valence-corrected chi connectivity index (χ2v) is 8.74. The van der Waals surface area contributed by atoms with Gasteiger partial charge in [0, 0.05) is 44.1 Å². The van der Waals surface area contributed by atoms with Crippen molar-refractivity contribution in [3.8, 4) is 11.1 Å². The summed E-state index contributed by atoms with van der Waals surface area (Å²) in [6, 6.07) is 17.9. The number of rotatable bonds is 6. The lowest BCUT2D eigenvalue weighted by atomic mass is 9.96. The summed E-state index contributed by atoms with van der Waals surface area (Å²) in [6.45, 7) is 4.05. The van der Waals surface area contributed by atoms with Crippen LogP contribution in [-0.2, 0) is 11.2 Å². The summed E-state index contributed by atoms with van der Waals surface area (Å²) in [6.07, 6.45) is 5.99. The molecule has 1 aliphatic rings. The van der Waals surface area contributed by atoms with Gasteiger partial charge in [0.15, 0.2) is 0 Å². The summed E-state index contributed by atoms with van der Waals surface area (Å²) in [5, 5.41) is 9.33. The largest absolute Gasteiger partial charge is 0.354 e. The summed E-state index contributed by atoms with van der Waals surface area (Å²) >= 11 is 0. The van der Waals surface area contributed by atoms with Crippen molar-refractivity contribution < 1.29 is 10.0 Å². The van der Waals surface area contributed by atoms with Gasteiger partial charge >= 0.3 is 0 Å². The smallest absolute Gasteiger partial charge is 0.252 e. The van der Waals surface area contributed by atoms with Crippen molar-refractivity contribution in [3.63, 3.8) is 0 Å². The fourth-order valence-electron chi connectivity index (χ4n) is 4.48. The first kappa shape index (κ1) is 22.1. The number of pyridine rings is 2. The molecular weight excluding hydrogens is 428 g/mol. The molecule has 34 heavy (non-hydrogen) atoms. The predicted octanol–water partition coefficient (Wildman–Crippen LogP) is 2.98. The molecule has 4 aromatic rings. The number of carbonyl (C=O) groups excluding carboxylic acids is 1. The van der Waals surface area contributed by atoms with Gasteiger partial charge in [0.2, 0.25) is 0 Å². The Bertz CT molecular complexity index is 1260. The van der Waals surface area contributed by atoms with Crippen LogP contribution in [0.4, 0.5) is 5.82 Å². The van der Waals surface area contributed by atoms with E-state index in [0.29, 0.717) is 6.42 Å². The average Bonchev–Trinajstić information content (AvgIpc) is 3.31. The minimum Gasteiger partial charge on any atom is -0.354 e. The molecule has 1 atom stereocenters. The number of hydroxylamine groups is 1. The number of imidazole rings is 1. The number of benzene rings is 1. The van der Waals surface area contributed by atoms with Gasteiger partial charge in [-0.15, -0.1) is 0 Å². The molecule has 1 aromatic carbocycles. The van der Waals surface area contributed by atoms with Gasteiger partial charge in [-0.1, -0.05) is 30.3 Å². The van der Waals surface area contributed by atoms with E-state index in [0.717, 1.165) is 60.0 Å². The van der Waals surface area contributed by atoms with Crippen LogP contribution in [0.25, 0.3) is 16.8 Å². The Morgan fingerprint density at radius 3 is 2.50 bits per heavy atom. The Morgan fingerprint density at radius 1 is 1.00 bits per heavy atom. The van der Waals surface area contributed by atoms with Gasteiger partial charge in [-0.25, -0.2) is 15.4 Å². The first-order valence-corrected chi connectivity index (χ1v) is 11.5. The van der Waals surface area contributed by atoms with Crippen LogP contribution in [0.5, 0.6) is 0 Å². The molecule has 0 radical (unpaired) electrons. The maximum Gasteiger partial charge on any atom is 0.252 e. The van der Waals surface area contributed by atoms with Gasteiger partial charge < -0.3 is 14.2 Å². The number of carbonyl (C=O) groups is 1. The van der Waals surface area contributed by atoms with E-state index in [2.05, 4.69) is 34.0 Å². The lowest BCUT2D eigenvalue weighted by Gasteiger charge is -2.33. The van der Waals surface area contributed by atoms with Crippen LogP contribution in [0.15, 0.2) is 73.2 Å². The fourth-order valence-corrected chi connectivity index (χ4v) is 4.48. The van der Waals surface area contributed by atoms with Gasteiger partial charge in [-0.05, 0) is 48.9 Å². The van der Waals surface area contributed by atoms with Crippen molar-refractivity contribution in [2.45, 2.75) is 12.3 Å². The van der Waals surface area contributed by atoms with Crippen molar-refractivity contribution >= 4 is 17.4 Å². The molecule has 5 rings (SSSR count). The predicted molar refractivity (Wildman–Crippen MR) is 131 cm³/mol. The number of likely N-dealkylation sites (N-methyl/N-ethyl adjacent to an activating group) is 1. The highest BCUT2D eigenvalue weighted by Gasteiger charge is 2.24. The van der Waals surface area contributed by atoms with Gasteiger partial charge in [0.25, 0.3) is 5.91 Å². The van der Waals surface area contributed by atoms with E-state index in [1.54, 1.807) is 6.20 Å². The van der Waals surface area contributed by atoms with Gasteiger partial charge in [-0.2, -0.15) is 0 Å². The van der Waals surface area contributed by atoms with Gasteiger partial charge in [-0.3, -0.25) is 10.0 Å². The van der Waals surface area contributed by atoms with E-state index in [4.69, 9.17) is 4.98 Å². The molecule has 0 bridgehead atoms. The molecule has 2 N–H and O–H groups in total. The Morgan fingerprint density at radius 2 is 1.79 bits per heavy atom. The number of aromatic nitrogens is 3. The summed E-state index contributed by atoms with van der Waals surface area (Å²) in [5.74, 6) is -0.0315. The van der Waals surface area contributed by atoms with E-state index in [-0.39, 0.29) is 0 Å². The van der Waals surface area contributed by atoms with E-state index >= 15 is 0 Å². The zero-order valence-electron chi connectivity index (χ0n) is 19.1. The summed E-state index contributed by atoms with van der Waals surface area (Å²) < 4.78 is 1.90. The van der Waals surface area contributed by atoms with Crippen LogP contribution in [0, 0.1) is 0 Å². The molecule has 1 fully saturated rings. The Hall–Kier alpha value is -3.75. The number of piperazine rings is 1. The number of hydrogen-bond donors (Lipinski definition) is 2. The van der Waals surface area contributed by atoms with Gasteiger partial charge in [0.1, 0.15) is 11.5 Å². The van der Waals surface area contributed by atoms with Crippen molar-refractivity contribution in [3.05, 3.63) is 84.4 Å². The molecule has 174 valence electrons. The molecule has 1 amide bonds. The third-order valence-corrected chi connectivity index (χ3v) is 6.52. The molecule has 1 unspecified atom stereocenters. The van der Waals surface area contributed by atoms with Crippen molar-refractivity contribution in [2.75, 3.05) is 38.1 Å². The van der Waals surface area contributed by atoms with Crippen molar-refractivity contribution in [1.29, 1.82) is 0 Å². The highest BCUT2D eigenvalue weighted by Crippen LogP contribution is 2.26. The lowest BCUT2D eigenvalue weighted by molar-refractivity contribution is -0.130. The van der Waals surface area contributed by atoms with Crippen LogP contribution in [0.2, 0.25) is 0 Å². The molecular formula is C26H28N6O2. The highest BCUT2D eigenvalue weighted by atomic mass is 16.5. The molecule has 4 heterocycles. The number of nitrogens with one attached hydrogen (secondary N) is 1. The first-order valence-electron chi connectivity index (χ1n) is 11.5. The van der Waals surface area contributed by atoms with E-state index in [1.807, 2.05) is 64.7 Å². The topological polar surface area (TPSA) is 86.0 Å². The number of fused-ring (bicyclic) bond motifs is 1. The number of hydrogen-bond acceptors (Lipinski definition) is 6. The Balaban J connectivity index is 1.40. The number of amides is 1. The van der Waals surface area contributed by atoms with Crippen molar-refractivity contribution in [1.82, 2.24) is 24.7 Å². The minimum absolute atomic E-state index is 0.459. The Kier molecular flexibility index (Phi) is 6.24. The van der Waals surface area contributed by atoms with E-state index in [9.17, 15) is 10.0 Å². The number of anilines is 1. The molecule has 3 aromatic heterocycles. The van der Waals surface area contributed by atoms with Crippen LogP contribution in [-0.4, -0.2) is 63.6 Å². The number of nitrogens with zero attached hydrogens (tertiary/aromatic N) is 5. The maximum atomic E-state index is 12.5. The summed E-state index contributed by atoms with van der Waals surface area (Å²) in [4.78, 5) is 26.4. The summed E-state index contributed by atoms with van der Waals surface area (Å²) in [7, 11) is 2.14. The van der Waals surface area contributed by atoms with E-state index < -0.39 is 11.8 Å². The third-order valence-electron chi connectivity index (χ3n) is 6.52. The van der Waals surface area contributed by atoms with Crippen LogP contribution in [0.3, 0.4) is 0 Å². The minimum atomic E-state index is -0.571.